The molecule has 28 heavy (non-hydrogen) atoms. The molecule has 0 radical (unpaired) electrons. The van der Waals surface area contributed by atoms with E-state index < -0.39 is 11.7 Å². The lowest BCUT2D eigenvalue weighted by atomic mass is 10.2. The molecule has 0 spiro atoms. The van der Waals surface area contributed by atoms with Crippen molar-refractivity contribution < 1.29 is 9.18 Å². The van der Waals surface area contributed by atoms with Crippen LogP contribution in [0.3, 0.4) is 0 Å². The van der Waals surface area contributed by atoms with Gasteiger partial charge in [-0.2, -0.15) is 0 Å². The molecule has 2 aromatic carbocycles. The minimum atomic E-state index is -0.560. The zero-order valence-electron chi connectivity index (χ0n) is 15.4. The highest BCUT2D eigenvalue weighted by Crippen LogP contribution is 2.24. The van der Waals surface area contributed by atoms with Gasteiger partial charge in [-0.05, 0) is 61.4 Å². The molecule has 5 nitrogen and oxygen atoms in total. The van der Waals surface area contributed by atoms with Gasteiger partial charge in [0.25, 0.3) is 5.91 Å². The van der Waals surface area contributed by atoms with E-state index in [0.29, 0.717) is 5.82 Å². The minimum absolute atomic E-state index is 0.00964. The van der Waals surface area contributed by atoms with E-state index in [0.717, 1.165) is 24.5 Å². The van der Waals surface area contributed by atoms with Crippen LogP contribution in [-0.2, 0) is 0 Å². The van der Waals surface area contributed by atoms with Crippen LogP contribution in [0.1, 0.15) is 23.2 Å². The maximum Gasteiger partial charge on any atom is 0.259 e. The van der Waals surface area contributed by atoms with Crippen molar-refractivity contribution in [3.05, 3.63) is 78.2 Å². The minimum Gasteiger partial charge on any atom is -0.372 e. The van der Waals surface area contributed by atoms with Crippen LogP contribution in [0, 0.1) is 5.82 Å². The summed E-state index contributed by atoms with van der Waals surface area (Å²) in [6.45, 7) is 2.24. The lowest BCUT2D eigenvalue weighted by Crippen LogP contribution is -2.17. The number of amides is 1. The fraction of sp³-hybridized carbons (Fsp3) is 0.182. The summed E-state index contributed by atoms with van der Waals surface area (Å²) in [5, 5.41) is 5.89. The summed E-state index contributed by atoms with van der Waals surface area (Å²) >= 11 is 0. The number of rotatable bonds is 5. The van der Waals surface area contributed by atoms with E-state index in [2.05, 4.69) is 32.7 Å². The second-order valence-electron chi connectivity index (χ2n) is 6.73. The van der Waals surface area contributed by atoms with Gasteiger partial charge in [-0.25, -0.2) is 9.37 Å². The molecule has 1 amide bonds. The molecule has 1 fully saturated rings. The van der Waals surface area contributed by atoms with Crippen LogP contribution >= 0.6 is 0 Å². The topological polar surface area (TPSA) is 57.3 Å². The molecule has 0 unspecified atom stereocenters. The largest absolute Gasteiger partial charge is 0.372 e. The average Bonchev–Trinajstić information content (AvgIpc) is 3.25. The Kier molecular flexibility index (Phi) is 5.19. The first-order chi connectivity index (χ1) is 13.7. The van der Waals surface area contributed by atoms with E-state index >= 15 is 0 Å². The van der Waals surface area contributed by atoms with E-state index in [-0.39, 0.29) is 5.56 Å². The molecule has 0 bridgehead atoms. The van der Waals surface area contributed by atoms with Gasteiger partial charge in [-0.3, -0.25) is 4.79 Å². The van der Waals surface area contributed by atoms with Gasteiger partial charge in [0.2, 0.25) is 0 Å². The number of halogens is 1. The first-order valence-corrected chi connectivity index (χ1v) is 9.33. The molecule has 2 heterocycles. The van der Waals surface area contributed by atoms with Crippen molar-refractivity contribution in [2.45, 2.75) is 12.8 Å². The number of carbonyl (C=O) groups excluding carboxylic acids is 1. The monoisotopic (exact) mass is 376 g/mol. The molecular formula is C22H21FN4O. The van der Waals surface area contributed by atoms with E-state index in [4.69, 9.17) is 0 Å². The zero-order valence-corrected chi connectivity index (χ0v) is 15.4. The molecule has 142 valence electrons. The number of hydrogen-bond acceptors (Lipinski definition) is 4. The average molecular weight is 376 g/mol. The molecule has 1 aliphatic rings. The van der Waals surface area contributed by atoms with Crippen LogP contribution in [0.2, 0.25) is 0 Å². The number of benzene rings is 2. The Balaban J connectivity index is 1.38. The molecule has 1 aromatic heterocycles. The van der Waals surface area contributed by atoms with Crippen LogP contribution in [-0.4, -0.2) is 24.0 Å². The molecule has 3 aromatic rings. The summed E-state index contributed by atoms with van der Waals surface area (Å²) in [6, 6.07) is 17.7. The van der Waals surface area contributed by atoms with E-state index in [1.807, 2.05) is 18.2 Å². The summed E-state index contributed by atoms with van der Waals surface area (Å²) in [7, 11) is 0. The lowest BCUT2D eigenvalue weighted by Gasteiger charge is -2.18. The van der Waals surface area contributed by atoms with E-state index in [9.17, 15) is 9.18 Å². The first-order valence-electron chi connectivity index (χ1n) is 9.33. The third-order valence-corrected chi connectivity index (χ3v) is 4.75. The highest BCUT2D eigenvalue weighted by Gasteiger charge is 2.12. The van der Waals surface area contributed by atoms with Gasteiger partial charge in [0.1, 0.15) is 11.6 Å². The van der Waals surface area contributed by atoms with Crippen molar-refractivity contribution in [2.75, 3.05) is 28.6 Å². The first kappa shape index (κ1) is 18.0. The highest BCUT2D eigenvalue weighted by molar-refractivity contribution is 6.03. The Morgan fingerprint density at radius 3 is 2.32 bits per heavy atom. The van der Waals surface area contributed by atoms with Gasteiger partial charge < -0.3 is 15.5 Å². The summed E-state index contributed by atoms with van der Waals surface area (Å²) in [5.74, 6) is -0.720. The number of anilines is 4. The van der Waals surface area contributed by atoms with Crippen LogP contribution < -0.4 is 15.5 Å². The van der Waals surface area contributed by atoms with Gasteiger partial charge in [0, 0.05) is 24.5 Å². The Morgan fingerprint density at radius 1 is 0.929 bits per heavy atom. The molecular weight excluding hydrogens is 355 g/mol. The van der Waals surface area contributed by atoms with Gasteiger partial charge in [0.05, 0.1) is 17.4 Å². The summed E-state index contributed by atoms with van der Waals surface area (Å²) in [4.78, 5) is 18.8. The van der Waals surface area contributed by atoms with E-state index in [1.54, 1.807) is 24.4 Å². The number of carbonyl (C=O) groups is 1. The molecule has 2 N–H and O–H groups in total. The van der Waals surface area contributed by atoms with Crippen LogP contribution in [0.5, 0.6) is 0 Å². The summed E-state index contributed by atoms with van der Waals surface area (Å²) in [6.07, 6.45) is 4.14. The summed E-state index contributed by atoms with van der Waals surface area (Å²) in [5.41, 5.74) is 3.00. The van der Waals surface area contributed by atoms with Gasteiger partial charge in [-0.1, -0.05) is 12.1 Å². The predicted molar refractivity (Wildman–Crippen MR) is 110 cm³/mol. The molecule has 1 saturated heterocycles. The van der Waals surface area contributed by atoms with Crippen molar-refractivity contribution >= 4 is 28.8 Å². The quantitative estimate of drug-likeness (QED) is 0.670. The van der Waals surface area contributed by atoms with Crippen molar-refractivity contribution in [1.82, 2.24) is 4.98 Å². The molecule has 1 aliphatic heterocycles. The number of pyridine rings is 1. The fourth-order valence-corrected chi connectivity index (χ4v) is 3.27. The number of aromatic nitrogens is 1. The molecule has 0 saturated carbocycles. The van der Waals surface area contributed by atoms with Gasteiger partial charge in [0.15, 0.2) is 0 Å². The smallest absolute Gasteiger partial charge is 0.259 e. The number of hydrogen-bond donors (Lipinski definition) is 2. The molecule has 0 aliphatic carbocycles. The molecule has 4 rings (SSSR count). The third-order valence-electron chi connectivity index (χ3n) is 4.75. The zero-order chi connectivity index (χ0) is 19.3. The second-order valence-corrected chi connectivity index (χ2v) is 6.73. The van der Waals surface area contributed by atoms with Gasteiger partial charge >= 0.3 is 0 Å². The van der Waals surface area contributed by atoms with E-state index in [1.165, 1.54) is 30.7 Å². The maximum absolute atomic E-state index is 13.7. The third kappa shape index (κ3) is 4.11. The Morgan fingerprint density at radius 2 is 1.64 bits per heavy atom. The van der Waals surface area contributed by atoms with Crippen molar-refractivity contribution in [3.63, 3.8) is 0 Å². The SMILES string of the molecule is O=C(Nc1ccc(Nc2ccc(N3CCCC3)cc2)cn1)c1ccccc1F. The van der Waals surface area contributed by atoms with Crippen molar-refractivity contribution in [2.24, 2.45) is 0 Å². The fourth-order valence-electron chi connectivity index (χ4n) is 3.27. The van der Waals surface area contributed by atoms with Crippen molar-refractivity contribution in [1.29, 1.82) is 0 Å². The van der Waals surface area contributed by atoms with Crippen molar-refractivity contribution in [3.8, 4) is 0 Å². The van der Waals surface area contributed by atoms with Crippen LogP contribution in [0.4, 0.5) is 27.3 Å². The lowest BCUT2D eigenvalue weighted by molar-refractivity contribution is 0.102. The molecule has 6 heteroatoms. The van der Waals surface area contributed by atoms with Gasteiger partial charge in [-0.15, -0.1) is 0 Å². The predicted octanol–water partition coefficient (Wildman–Crippen LogP) is 4.82. The number of nitrogens with zero attached hydrogens (tertiary/aromatic N) is 2. The van der Waals surface area contributed by atoms with Crippen LogP contribution in [0.25, 0.3) is 0 Å². The van der Waals surface area contributed by atoms with Crippen LogP contribution in [0.15, 0.2) is 66.9 Å². The maximum atomic E-state index is 13.7. The Labute approximate surface area is 163 Å². The summed E-state index contributed by atoms with van der Waals surface area (Å²) < 4.78 is 13.7. The second kappa shape index (κ2) is 8.08. The molecule has 0 atom stereocenters. The Hall–Kier alpha value is -3.41. The number of nitrogens with one attached hydrogen (secondary N) is 2. The highest BCUT2D eigenvalue weighted by atomic mass is 19.1. The Bertz CT molecular complexity index is 951. The standard InChI is InChI=1S/C22H21FN4O/c23-20-6-2-1-5-19(20)22(28)26-21-12-9-17(15-24-21)25-16-7-10-18(11-8-16)27-13-3-4-14-27/h1-2,5-12,15,25H,3-4,13-14H2,(H,24,26,28). The normalized spacial score (nSPS) is 13.4.